The molecule has 1 saturated heterocycles. The van der Waals surface area contributed by atoms with Gasteiger partial charge in [-0.3, -0.25) is 9.78 Å². The van der Waals surface area contributed by atoms with E-state index in [0.29, 0.717) is 17.0 Å². The van der Waals surface area contributed by atoms with Crippen molar-refractivity contribution in [1.29, 1.82) is 0 Å². The number of halogens is 5. The summed E-state index contributed by atoms with van der Waals surface area (Å²) in [6.07, 6.45) is -4.29. The lowest BCUT2D eigenvalue weighted by Gasteiger charge is -2.22. The van der Waals surface area contributed by atoms with E-state index in [9.17, 15) is 35.2 Å². The molecule has 0 amide bonds. The summed E-state index contributed by atoms with van der Waals surface area (Å²) in [4.78, 5) is 24.1. The Morgan fingerprint density at radius 2 is 1.78 bits per heavy atom. The second-order valence-corrected chi connectivity index (χ2v) is 10.1. The maximum atomic E-state index is 14.2. The molecule has 7 nitrogen and oxygen atoms in total. The number of carbonyl (C=O) groups is 1. The molecule has 3 aromatic rings. The summed E-state index contributed by atoms with van der Waals surface area (Å²) in [6.45, 7) is -0.491. The van der Waals surface area contributed by atoms with Crippen LogP contribution >= 0.6 is 0 Å². The first-order valence-corrected chi connectivity index (χ1v) is 12.2. The molecule has 190 valence electrons. The van der Waals surface area contributed by atoms with Gasteiger partial charge in [0.15, 0.2) is 5.78 Å². The lowest BCUT2D eigenvalue weighted by molar-refractivity contribution is -0.141. The average Bonchev–Trinajstić information content (AvgIpc) is 3.25. The molecule has 3 heterocycles. The molecule has 2 aromatic heterocycles. The third-order valence-corrected chi connectivity index (χ3v) is 7.59. The minimum atomic E-state index is -4.58. The van der Waals surface area contributed by atoms with E-state index in [4.69, 9.17) is 0 Å². The average molecular weight is 526 g/mol. The van der Waals surface area contributed by atoms with E-state index in [1.54, 1.807) is 0 Å². The molecule has 1 fully saturated rings. The van der Waals surface area contributed by atoms with Crippen molar-refractivity contribution >= 4 is 15.8 Å². The molecule has 0 radical (unpaired) electrons. The molecule has 0 bridgehead atoms. The highest BCUT2D eigenvalue weighted by Crippen LogP contribution is 2.30. The van der Waals surface area contributed by atoms with Gasteiger partial charge in [-0.05, 0) is 48.9 Å². The van der Waals surface area contributed by atoms with E-state index < -0.39 is 52.3 Å². The van der Waals surface area contributed by atoms with Crippen molar-refractivity contribution in [3.63, 3.8) is 0 Å². The molecule has 0 N–H and O–H groups in total. The van der Waals surface area contributed by atoms with Crippen LogP contribution in [0.15, 0.2) is 59.9 Å². The number of carbonyl (C=O) groups excluding carboxylic acids is 1. The van der Waals surface area contributed by atoms with Gasteiger partial charge in [0.1, 0.15) is 24.0 Å². The summed E-state index contributed by atoms with van der Waals surface area (Å²) in [7, 11) is -4.23. The van der Waals surface area contributed by atoms with Crippen molar-refractivity contribution in [2.24, 2.45) is 0 Å². The van der Waals surface area contributed by atoms with E-state index in [2.05, 4.69) is 15.0 Å². The first-order valence-electron chi connectivity index (χ1n) is 10.7. The highest BCUT2D eigenvalue weighted by atomic mass is 32.2. The van der Waals surface area contributed by atoms with Crippen LogP contribution in [0.4, 0.5) is 22.0 Å². The fraction of sp³-hybridized carbons (Fsp3) is 0.304. The van der Waals surface area contributed by atoms with Gasteiger partial charge < -0.3 is 0 Å². The van der Waals surface area contributed by atoms with E-state index in [1.165, 1.54) is 18.5 Å². The molecule has 1 aliphatic heterocycles. The quantitative estimate of drug-likeness (QED) is 0.432. The standard InChI is InChI=1S/C23H19F5N4O3S/c24-15-2-5-18(6-3-15)36(34,35)32-12-16(25)9-20(32)21(33)7-4-17-10-19(31-13-30-17)14-1-8-22(29-11-14)23(26,27)28/h1-3,5-6,8,10-11,13,16,20H,4,7,9,12H2/t16-,20+/m1/s1. The van der Waals surface area contributed by atoms with Crippen molar-refractivity contribution in [3.8, 4) is 11.3 Å². The summed E-state index contributed by atoms with van der Waals surface area (Å²) in [5.41, 5.74) is -0.0607. The zero-order valence-corrected chi connectivity index (χ0v) is 19.3. The second-order valence-electron chi connectivity index (χ2n) is 8.17. The van der Waals surface area contributed by atoms with Crippen molar-refractivity contribution in [2.45, 2.75) is 42.5 Å². The van der Waals surface area contributed by atoms with Crippen LogP contribution in [0.25, 0.3) is 11.3 Å². The van der Waals surface area contributed by atoms with E-state index >= 15 is 0 Å². The van der Waals surface area contributed by atoms with Crippen molar-refractivity contribution in [3.05, 3.63) is 72.2 Å². The predicted octanol–water partition coefficient (Wildman–Crippen LogP) is 4.00. The number of benzene rings is 1. The number of alkyl halides is 4. The smallest absolute Gasteiger partial charge is 0.298 e. The van der Waals surface area contributed by atoms with Gasteiger partial charge in [-0.25, -0.2) is 27.2 Å². The Bertz CT molecular complexity index is 1350. The molecular formula is C23H19F5N4O3S. The molecule has 0 aliphatic carbocycles. The number of Topliss-reactive ketones (excluding diaryl/α,β-unsaturated/α-hetero) is 1. The molecule has 0 saturated carbocycles. The molecule has 0 spiro atoms. The molecule has 1 aromatic carbocycles. The monoisotopic (exact) mass is 526 g/mol. The predicted molar refractivity (Wildman–Crippen MR) is 117 cm³/mol. The van der Waals surface area contributed by atoms with E-state index in [0.717, 1.165) is 40.8 Å². The topological polar surface area (TPSA) is 93.1 Å². The fourth-order valence-electron chi connectivity index (χ4n) is 3.88. The summed E-state index contributed by atoms with van der Waals surface area (Å²) in [5, 5.41) is 0. The Morgan fingerprint density at radius 1 is 1.06 bits per heavy atom. The van der Waals surface area contributed by atoms with Gasteiger partial charge in [0.25, 0.3) is 0 Å². The maximum Gasteiger partial charge on any atom is 0.433 e. The normalized spacial score (nSPS) is 18.9. The number of ketones is 1. The third-order valence-electron chi connectivity index (χ3n) is 5.70. The van der Waals surface area contributed by atoms with Crippen molar-refractivity contribution in [2.75, 3.05) is 6.54 Å². The highest BCUT2D eigenvalue weighted by molar-refractivity contribution is 7.89. The largest absolute Gasteiger partial charge is 0.433 e. The number of aryl methyl sites for hydroxylation is 1. The van der Waals surface area contributed by atoms with Crippen molar-refractivity contribution < 1.29 is 35.2 Å². The van der Waals surface area contributed by atoms with Gasteiger partial charge in [0.2, 0.25) is 10.0 Å². The van der Waals surface area contributed by atoms with Crippen LogP contribution in [0.2, 0.25) is 0 Å². The Labute approximate surface area is 203 Å². The van der Waals surface area contributed by atoms with Crippen LogP contribution in [0.1, 0.15) is 24.2 Å². The molecular weight excluding hydrogens is 507 g/mol. The number of sulfonamides is 1. The molecule has 4 rings (SSSR count). The summed E-state index contributed by atoms with van der Waals surface area (Å²) in [5.74, 6) is -1.15. The van der Waals surface area contributed by atoms with Crippen LogP contribution in [0.5, 0.6) is 0 Å². The highest BCUT2D eigenvalue weighted by Gasteiger charge is 2.43. The molecule has 0 unspecified atom stereocenters. The third kappa shape index (κ3) is 5.57. The van der Waals surface area contributed by atoms with E-state index in [-0.39, 0.29) is 24.2 Å². The lowest BCUT2D eigenvalue weighted by Crippen LogP contribution is -2.40. The number of nitrogens with zero attached hydrogens (tertiary/aromatic N) is 4. The number of rotatable bonds is 7. The number of hydrogen-bond acceptors (Lipinski definition) is 6. The number of hydrogen-bond donors (Lipinski definition) is 0. The van der Waals surface area contributed by atoms with E-state index in [1.807, 2.05) is 0 Å². The van der Waals surface area contributed by atoms with Gasteiger partial charge in [0, 0.05) is 36.8 Å². The second kappa shape index (κ2) is 9.97. The van der Waals surface area contributed by atoms with Crippen LogP contribution in [-0.2, 0) is 27.4 Å². The first-order chi connectivity index (χ1) is 16.9. The fourth-order valence-corrected chi connectivity index (χ4v) is 5.53. The maximum absolute atomic E-state index is 14.2. The van der Waals surface area contributed by atoms with Crippen molar-refractivity contribution in [1.82, 2.24) is 19.3 Å². The zero-order valence-electron chi connectivity index (χ0n) is 18.5. The minimum Gasteiger partial charge on any atom is -0.298 e. The minimum absolute atomic E-state index is 0.0697. The van der Waals surface area contributed by atoms with Gasteiger partial charge in [-0.15, -0.1) is 0 Å². The Balaban J connectivity index is 1.46. The zero-order chi connectivity index (χ0) is 26.1. The summed E-state index contributed by atoms with van der Waals surface area (Å²) >= 11 is 0. The Morgan fingerprint density at radius 3 is 2.42 bits per heavy atom. The van der Waals surface area contributed by atoms with Crippen LogP contribution in [0, 0.1) is 5.82 Å². The molecule has 1 aliphatic rings. The van der Waals surface area contributed by atoms with Gasteiger partial charge >= 0.3 is 6.18 Å². The molecule has 2 atom stereocenters. The Kier molecular flexibility index (Phi) is 7.14. The molecule has 13 heteroatoms. The molecule has 36 heavy (non-hydrogen) atoms. The van der Waals surface area contributed by atoms with Crippen LogP contribution in [-0.4, -0.2) is 52.2 Å². The summed E-state index contributed by atoms with van der Waals surface area (Å²) in [6, 6.07) is 6.33. The number of aromatic nitrogens is 3. The van der Waals surface area contributed by atoms with Gasteiger partial charge in [-0.1, -0.05) is 0 Å². The van der Waals surface area contributed by atoms with Gasteiger partial charge in [-0.2, -0.15) is 17.5 Å². The van der Waals surface area contributed by atoms with Crippen LogP contribution < -0.4 is 0 Å². The first kappa shape index (κ1) is 25.8. The Hall–Kier alpha value is -3.32. The SMILES string of the molecule is O=C(CCc1cc(-c2ccc(C(F)(F)F)nc2)ncn1)[C@@H]1C[C@@H](F)CN1S(=O)(=O)c1ccc(F)cc1. The lowest BCUT2D eigenvalue weighted by atomic mass is 10.0. The van der Waals surface area contributed by atoms with Crippen LogP contribution in [0.3, 0.4) is 0 Å². The van der Waals surface area contributed by atoms with Gasteiger partial charge in [0.05, 0.1) is 16.6 Å². The number of pyridine rings is 1. The summed E-state index contributed by atoms with van der Waals surface area (Å²) < 4.78 is 92.3.